The van der Waals surface area contributed by atoms with Crippen molar-refractivity contribution in [2.45, 2.75) is 79.7 Å². The maximum Gasteiger partial charge on any atom is 0.301 e. The van der Waals surface area contributed by atoms with E-state index in [1.54, 1.807) is 13.8 Å². The van der Waals surface area contributed by atoms with Crippen molar-refractivity contribution in [3.63, 3.8) is 0 Å². The van der Waals surface area contributed by atoms with Crippen LogP contribution in [-0.4, -0.2) is 33.5 Å². The predicted octanol–water partition coefficient (Wildman–Crippen LogP) is 3.74. The monoisotopic (exact) mass is 433 g/mol. The van der Waals surface area contributed by atoms with E-state index in [0.717, 1.165) is 41.1 Å². The topological polar surface area (TPSA) is 86.4 Å². The second-order valence-corrected chi connectivity index (χ2v) is 9.10. The van der Waals surface area contributed by atoms with Gasteiger partial charge in [0.1, 0.15) is 18.1 Å². The molecule has 0 aliphatic heterocycles. The number of aromatic nitrogens is 3. The molecule has 2 aromatic rings. The van der Waals surface area contributed by atoms with Crippen LogP contribution in [0.4, 0.5) is 5.82 Å². The molecule has 0 unspecified atom stereocenters. The number of anilines is 1. The van der Waals surface area contributed by atoms with Crippen LogP contribution in [0.25, 0.3) is 17.1 Å². The highest BCUT2D eigenvalue weighted by Gasteiger charge is 2.26. The van der Waals surface area contributed by atoms with Crippen molar-refractivity contribution in [3.8, 4) is 0 Å². The Hall–Kier alpha value is -1.96. The molecule has 2 heterocycles. The SMILES string of the molecule is CC/C=C\c1c(COCCC(C)(C)O)c2c(nc(COCC)n2CC(C)C)c(N)[n+]1C. The summed E-state index contributed by atoms with van der Waals surface area (Å²) in [6.45, 7) is 14.9. The summed E-state index contributed by atoms with van der Waals surface area (Å²) < 4.78 is 16.0. The van der Waals surface area contributed by atoms with E-state index in [0.29, 0.717) is 44.6 Å². The van der Waals surface area contributed by atoms with Gasteiger partial charge in [-0.3, -0.25) is 5.73 Å². The molecule has 0 fully saturated rings. The Morgan fingerprint density at radius 3 is 2.52 bits per heavy atom. The molecule has 0 radical (unpaired) electrons. The molecule has 0 amide bonds. The first-order chi connectivity index (χ1) is 14.6. The maximum atomic E-state index is 10.0. The van der Waals surface area contributed by atoms with Gasteiger partial charge >= 0.3 is 5.82 Å². The lowest BCUT2D eigenvalue weighted by atomic mass is 10.1. The molecule has 2 aromatic heterocycles. The van der Waals surface area contributed by atoms with E-state index in [4.69, 9.17) is 20.2 Å². The highest BCUT2D eigenvalue weighted by atomic mass is 16.5. The molecule has 0 spiro atoms. The summed E-state index contributed by atoms with van der Waals surface area (Å²) in [5, 5.41) is 10.0. The summed E-state index contributed by atoms with van der Waals surface area (Å²) in [7, 11) is 1.97. The average Bonchev–Trinajstić information content (AvgIpc) is 3.03. The summed E-state index contributed by atoms with van der Waals surface area (Å²) >= 11 is 0. The molecule has 0 bridgehead atoms. The second-order valence-electron chi connectivity index (χ2n) is 9.10. The predicted molar refractivity (Wildman–Crippen MR) is 125 cm³/mol. The smallest absolute Gasteiger partial charge is 0.301 e. The van der Waals surface area contributed by atoms with Crippen LogP contribution in [0.5, 0.6) is 0 Å². The van der Waals surface area contributed by atoms with Gasteiger partial charge in [-0.2, -0.15) is 0 Å². The number of ether oxygens (including phenoxy) is 2. The normalized spacial score (nSPS) is 12.7. The molecule has 3 N–H and O–H groups in total. The van der Waals surface area contributed by atoms with Gasteiger partial charge in [0.05, 0.1) is 30.3 Å². The van der Waals surface area contributed by atoms with Gasteiger partial charge in [-0.05, 0) is 45.6 Å². The Labute approximate surface area is 186 Å². The Bertz CT molecular complexity index is 895. The molecule has 0 saturated heterocycles. The number of hydrogen-bond donors (Lipinski definition) is 2. The lowest BCUT2D eigenvalue weighted by Crippen LogP contribution is -2.37. The van der Waals surface area contributed by atoms with Crippen LogP contribution in [0.1, 0.15) is 71.5 Å². The van der Waals surface area contributed by atoms with Crippen LogP contribution in [0.15, 0.2) is 6.08 Å². The Morgan fingerprint density at radius 2 is 1.94 bits per heavy atom. The fourth-order valence-electron chi connectivity index (χ4n) is 3.54. The highest BCUT2D eigenvalue weighted by molar-refractivity contribution is 5.88. The second kappa shape index (κ2) is 11.1. The molecule has 0 aliphatic rings. The van der Waals surface area contributed by atoms with Gasteiger partial charge in [0, 0.05) is 19.8 Å². The van der Waals surface area contributed by atoms with Gasteiger partial charge in [0.2, 0.25) is 0 Å². The third-order valence-electron chi connectivity index (χ3n) is 5.21. The van der Waals surface area contributed by atoms with E-state index >= 15 is 0 Å². The number of nitrogen functional groups attached to an aromatic ring is 1. The van der Waals surface area contributed by atoms with Gasteiger partial charge in [-0.1, -0.05) is 26.8 Å². The zero-order valence-corrected chi connectivity index (χ0v) is 20.4. The molecule has 174 valence electrons. The fraction of sp³-hybridized carbons (Fsp3) is 0.667. The lowest BCUT2D eigenvalue weighted by Gasteiger charge is -2.18. The summed E-state index contributed by atoms with van der Waals surface area (Å²) in [6, 6.07) is 0. The van der Waals surface area contributed by atoms with E-state index < -0.39 is 5.60 Å². The lowest BCUT2D eigenvalue weighted by molar-refractivity contribution is -0.658. The highest BCUT2D eigenvalue weighted by Crippen LogP contribution is 2.28. The van der Waals surface area contributed by atoms with Crippen molar-refractivity contribution in [2.24, 2.45) is 13.0 Å². The molecule has 0 saturated carbocycles. The number of aliphatic hydroxyl groups is 1. The number of rotatable bonds is 12. The van der Waals surface area contributed by atoms with Crippen molar-refractivity contribution in [2.75, 3.05) is 18.9 Å². The van der Waals surface area contributed by atoms with Gasteiger partial charge in [-0.15, -0.1) is 0 Å². The van der Waals surface area contributed by atoms with Crippen molar-refractivity contribution in [1.82, 2.24) is 9.55 Å². The van der Waals surface area contributed by atoms with E-state index in [-0.39, 0.29) is 0 Å². The standard InChI is InChI=1S/C24H40N4O3/c1-8-10-11-19-18(15-31-13-12-24(5,6)29)22-21(23(25)27(19)7)26-20(16-30-9-2)28(22)14-17(3)4/h10-11,17,25,29H,8-9,12-16H2,1-7H3/p+1/b11-10-. The van der Waals surface area contributed by atoms with Gasteiger partial charge in [-0.25, -0.2) is 9.55 Å². The average molecular weight is 434 g/mol. The zero-order valence-electron chi connectivity index (χ0n) is 20.4. The number of hydrogen-bond acceptors (Lipinski definition) is 5. The van der Waals surface area contributed by atoms with Gasteiger partial charge < -0.3 is 19.1 Å². The number of pyridine rings is 1. The molecule has 0 aliphatic carbocycles. The summed E-state index contributed by atoms with van der Waals surface area (Å²) in [6.07, 6.45) is 5.74. The first-order valence-electron chi connectivity index (χ1n) is 11.3. The first-order valence-corrected chi connectivity index (χ1v) is 11.3. The van der Waals surface area contributed by atoms with E-state index in [9.17, 15) is 5.11 Å². The van der Waals surface area contributed by atoms with Crippen LogP contribution in [-0.2, 0) is 36.3 Å². The van der Waals surface area contributed by atoms with E-state index in [1.807, 2.05) is 18.5 Å². The summed E-state index contributed by atoms with van der Waals surface area (Å²) in [5.41, 5.74) is 9.67. The van der Waals surface area contributed by atoms with Crippen LogP contribution in [0.2, 0.25) is 0 Å². The van der Waals surface area contributed by atoms with Crippen molar-refractivity contribution in [1.29, 1.82) is 0 Å². The summed E-state index contributed by atoms with van der Waals surface area (Å²) in [4.78, 5) is 4.89. The quantitative estimate of drug-likeness (QED) is 0.393. The molecule has 2 rings (SSSR count). The van der Waals surface area contributed by atoms with E-state index in [2.05, 4.69) is 37.5 Å². The van der Waals surface area contributed by atoms with Gasteiger partial charge in [0.15, 0.2) is 5.52 Å². The minimum absolute atomic E-state index is 0.419. The Morgan fingerprint density at radius 1 is 1.23 bits per heavy atom. The minimum Gasteiger partial charge on any atom is -0.390 e. The molecule has 31 heavy (non-hydrogen) atoms. The molecule has 0 aromatic carbocycles. The van der Waals surface area contributed by atoms with Crippen molar-refractivity contribution >= 4 is 22.9 Å². The van der Waals surface area contributed by atoms with Crippen LogP contribution in [0.3, 0.4) is 0 Å². The Balaban J connectivity index is 2.66. The largest absolute Gasteiger partial charge is 0.390 e. The number of nitrogens with zero attached hydrogens (tertiary/aromatic N) is 3. The van der Waals surface area contributed by atoms with Crippen molar-refractivity contribution in [3.05, 3.63) is 23.2 Å². The molecular formula is C24H41N4O3+. The Kier molecular flexibility index (Phi) is 9.03. The van der Waals surface area contributed by atoms with Crippen LogP contribution >= 0.6 is 0 Å². The number of nitrogens with two attached hydrogens (primary N) is 1. The first kappa shape index (κ1) is 25.3. The fourth-order valence-corrected chi connectivity index (χ4v) is 3.54. The van der Waals surface area contributed by atoms with Crippen molar-refractivity contribution < 1.29 is 19.1 Å². The third kappa shape index (κ3) is 6.51. The molecular weight excluding hydrogens is 392 g/mol. The van der Waals surface area contributed by atoms with E-state index in [1.165, 1.54) is 0 Å². The van der Waals surface area contributed by atoms with Gasteiger partial charge in [0.25, 0.3) is 0 Å². The minimum atomic E-state index is -0.754. The third-order valence-corrected chi connectivity index (χ3v) is 5.21. The van der Waals surface area contributed by atoms with Crippen LogP contribution in [0, 0.1) is 5.92 Å². The number of imidazole rings is 1. The molecule has 7 nitrogen and oxygen atoms in total. The number of allylic oxidation sites excluding steroid dienone is 1. The summed E-state index contributed by atoms with van der Waals surface area (Å²) in [5.74, 6) is 1.95. The zero-order chi connectivity index (χ0) is 23.2. The molecule has 0 atom stereocenters. The maximum absolute atomic E-state index is 10.0. The molecule has 7 heteroatoms. The van der Waals surface area contributed by atoms with Crippen LogP contribution < -0.4 is 10.3 Å². The number of fused-ring (bicyclic) bond motifs is 1.